The molecule has 0 saturated heterocycles. The molecule has 3 N–H and O–H groups in total. The summed E-state index contributed by atoms with van der Waals surface area (Å²) in [5, 5.41) is 8.66. The van der Waals surface area contributed by atoms with Crippen molar-refractivity contribution in [3.63, 3.8) is 0 Å². The molecule has 4 nitrogen and oxygen atoms in total. The van der Waals surface area contributed by atoms with E-state index in [0.29, 0.717) is 0 Å². The zero-order chi connectivity index (χ0) is 14.5. The molecule has 0 fully saturated rings. The lowest BCUT2D eigenvalue weighted by atomic mass is 10.1. The molecule has 1 aromatic carbocycles. The lowest BCUT2D eigenvalue weighted by Crippen LogP contribution is -2.34. The van der Waals surface area contributed by atoms with Crippen molar-refractivity contribution >= 4 is 16.7 Å². The molecule has 106 valence electrons. The molecular weight excluding hydrogens is 248 g/mol. The largest absolute Gasteiger partial charge is 0.387 e. The van der Waals surface area contributed by atoms with E-state index < -0.39 is 0 Å². The highest BCUT2D eigenvalue weighted by atomic mass is 15.1. The summed E-state index contributed by atoms with van der Waals surface area (Å²) in [4.78, 5) is 6.96. The summed E-state index contributed by atoms with van der Waals surface area (Å²) >= 11 is 0. The quantitative estimate of drug-likeness (QED) is 0.626. The van der Waals surface area contributed by atoms with Crippen LogP contribution >= 0.6 is 0 Å². The summed E-state index contributed by atoms with van der Waals surface area (Å²) in [5.74, 6) is 0.324. The minimum Gasteiger partial charge on any atom is -0.387 e. The van der Waals surface area contributed by atoms with E-state index in [1.165, 1.54) is 0 Å². The lowest BCUT2D eigenvalue weighted by Gasteiger charge is -2.23. The first-order valence-electron chi connectivity index (χ1n) is 7.01. The van der Waals surface area contributed by atoms with Crippen LogP contribution in [0.2, 0.25) is 0 Å². The van der Waals surface area contributed by atoms with E-state index >= 15 is 0 Å². The number of nitrogens with zero attached hydrogens (tertiary/aromatic N) is 2. The van der Waals surface area contributed by atoms with E-state index in [4.69, 9.17) is 11.1 Å². The van der Waals surface area contributed by atoms with Gasteiger partial charge in [-0.3, -0.25) is 15.3 Å². The number of aromatic nitrogens is 1. The summed E-state index contributed by atoms with van der Waals surface area (Å²) in [6, 6.07) is 12.3. The van der Waals surface area contributed by atoms with Crippen molar-refractivity contribution in [1.82, 2.24) is 9.88 Å². The summed E-state index contributed by atoms with van der Waals surface area (Å²) in [6.07, 6.45) is 0. The van der Waals surface area contributed by atoms with Crippen LogP contribution in [0.4, 0.5) is 0 Å². The highest BCUT2D eigenvalue weighted by Gasteiger charge is 2.12. The first kappa shape index (κ1) is 14.5. The molecule has 0 aliphatic rings. The van der Waals surface area contributed by atoms with Gasteiger partial charge in [0.05, 0.1) is 17.0 Å². The summed E-state index contributed by atoms with van der Waals surface area (Å²) in [5.41, 5.74) is 7.63. The topological polar surface area (TPSA) is 66.0 Å². The number of para-hydroxylation sites is 1. The van der Waals surface area contributed by atoms with Gasteiger partial charge >= 0.3 is 0 Å². The van der Waals surface area contributed by atoms with Crippen LogP contribution < -0.4 is 5.73 Å². The Labute approximate surface area is 120 Å². The molecule has 2 rings (SSSR count). The molecule has 1 aromatic heterocycles. The van der Waals surface area contributed by atoms with Gasteiger partial charge in [-0.25, -0.2) is 0 Å². The van der Waals surface area contributed by atoms with Crippen molar-refractivity contribution in [2.45, 2.75) is 20.4 Å². The molecular formula is C16H22N4. The van der Waals surface area contributed by atoms with E-state index in [1.807, 2.05) is 25.1 Å². The Hall–Kier alpha value is -1.94. The maximum atomic E-state index is 7.49. The monoisotopic (exact) mass is 270 g/mol. The Morgan fingerprint density at radius 2 is 2.05 bits per heavy atom. The second-order valence-corrected chi connectivity index (χ2v) is 5.18. The average molecular weight is 270 g/mol. The van der Waals surface area contributed by atoms with Crippen molar-refractivity contribution in [1.29, 1.82) is 5.41 Å². The summed E-state index contributed by atoms with van der Waals surface area (Å²) in [6.45, 7) is 6.61. The van der Waals surface area contributed by atoms with E-state index in [-0.39, 0.29) is 11.8 Å². The van der Waals surface area contributed by atoms with Crippen molar-refractivity contribution in [2.24, 2.45) is 11.7 Å². The number of hydrogen-bond acceptors (Lipinski definition) is 3. The van der Waals surface area contributed by atoms with Crippen LogP contribution in [0, 0.1) is 11.3 Å². The van der Waals surface area contributed by atoms with E-state index in [9.17, 15) is 0 Å². The number of benzene rings is 1. The highest BCUT2D eigenvalue weighted by molar-refractivity contribution is 5.79. The Bertz CT molecular complexity index is 594. The van der Waals surface area contributed by atoms with Crippen LogP contribution in [0.25, 0.3) is 10.9 Å². The van der Waals surface area contributed by atoms with Gasteiger partial charge in [0.25, 0.3) is 0 Å². The number of fused-ring (bicyclic) bond motifs is 1. The standard InChI is InChI=1S/C16H22N4/c1-3-20(10-12(2)16(17)18)11-14-9-8-13-6-4-5-7-15(13)19-14/h4-9,12H,3,10-11H2,1-2H3,(H3,17,18). The van der Waals surface area contributed by atoms with E-state index in [0.717, 1.165) is 36.2 Å². The van der Waals surface area contributed by atoms with Crippen LogP contribution in [-0.2, 0) is 6.54 Å². The van der Waals surface area contributed by atoms with Crippen LogP contribution in [0.1, 0.15) is 19.5 Å². The van der Waals surface area contributed by atoms with E-state index in [1.54, 1.807) is 0 Å². The molecule has 0 radical (unpaired) electrons. The maximum absolute atomic E-state index is 7.49. The molecule has 1 heterocycles. The fourth-order valence-corrected chi connectivity index (χ4v) is 2.22. The molecule has 20 heavy (non-hydrogen) atoms. The van der Waals surface area contributed by atoms with Gasteiger partial charge in [-0.05, 0) is 18.7 Å². The van der Waals surface area contributed by atoms with Crippen molar-refractivity contribution in [3.8, 4) is 0 Å². The smallest absolute Gasteiger partial charge is 0.0947 e. The molecule has 4 heteroatoms. The number of amidine groups is 1. The molecule has 0 aliphatic carbocycles. The average Bonchev–Trinajstić information content (AvgIpc) is 2.46. The van der Waals surface area contributed by atoms with Crippen LogP contribution in [-0.4, -0.2) is 28.8 Å². The van der Waals surface area contributed by atoms with Crippen molar-refractivity contribution in [2.75, 3.05) is 13.1 Å². The van der Waals surface area contributed by atoms with Gasteiger partial charge in [0.1, 0.15) is 0 Å². The predicted octanol–water partition coefficient (Wildman–Crippen LogP) is 2.63. The Kier molecular flexibility index (Phi) is 4.69. The first-order valence-corrected chi connectivity index (χ1v) is 7.01. The molecule has 0 saturated carbocycles. The predicted molar refractivity (Wildman–Crippen MR) is 83.8 cm³/mol. The number of nitrogens with one attached hydrogen (secondary N) is 1. The summed E-state index contributed by atoms with van der Waals surface area (Å²) < 4.78 is 0. The second kappa shape index (κ2) is 6.48. The molecule has 0 amide bonds. The third-order valence-corrected chi connectivity index (χ3v) is 3.55. The molecule has 2 aromatic rings. The SMILES string of the molecule is CCN(Cc1ccc2ccccc2n1)CC(C)C(=N)N. The molecule has 1 atom stereocenters. The van der Waals surface area contributed by atoms with Gasteiger partial charge in [-0.15, -0.1) is 0 Å². The van der Waals surface area contributed by atoms with Gasteiger partial charge in [-0.2, -0.15) is 0 Å². The lowest BCUT2D eigenvalue weighted by molar-refractivity contribution is 0.260. The van der Waals surface area contributed by atoms with Crippen LogP contribution in [0.15, 0.2) is 36.4 Å². The number of nitrogens with two attached hydrogens (primary N) is 1. The minimum atomic E-state index is 0.0791. The van der Waals surface area contributed by atoms with Gasteiger partial charge in [-0.1, -0.05) is 38.1 Å². The van der Waals surface area contributed by atoms with Crippen molar-refractivity contribution in [3.05, 3.63) is 42.1 Å². The zero-order valence-electron chi connectivity index (χ0n) is 12.1. The third kappa shape index (κ3) is 3.54. The Morgan fingerprint density at radius 3 is 2.75 bits per heavy atom. The number of hydrogen-bond donors (Lipinski definition) is 2. The molecule has 1 unspecified atom stereocenters. The number of pyridine rings is 1. The highest BCUT2D eigenvalue weighted by Crippen LogP contribution is 2.13. The van der Waals surface area contributed by atoms with E-state index in [2.05, 4.69) is 35.0 Å². The van der Waals surface area contributed by atoms with Gasteiger partial charge < -0.3 is 5.73 Å². The number of rotatable bonds is 6. The molecule has 0 aliphatic heterocycles. The van der Waals surface area contributed by atoms with Gasteiger partial charge in [0.2, 0.25) is 0 Å². The zero-order valence-corrected chi connectivity index (χ0v) is 12.1. The normalized spacial score (nSPS) is 12.8. The Morgan fingerprint density at radius 1 is 1.30 bits per heavy atom. The van der Waals surface area contributed by atoms with Gasteiger partial charge in [0.15, 0.2) is 0 Å². The second-order valence-electron chi connectivity index (χ2n) is 5.18. The third-order valence-electron chi connectivity index (χ3n) is 3.55. The maximum Gasteiger partial charge on any atom is 0.0947 e. The molecule has 0 bridgehead atoms. The Balaban J connectivity index is 2.11. The molecule has 0 spiro atoms. The van der Waals surface area contributed by atoms with Gasteiger partial charge in [0, 0.05) is 24.4 Å². The minimum absolute atomic E-state index is 0.0791. The summed E-state index contributed by atoms with van der Waals surface area (Å²) in [7, 11) is 0. The van der Waals surface area contributed by atoms with Crippen LogP contribution in [0.3, 0.4) is 0 Å². The fraction of sp³-hybridized carbons (Fsp3) is 0.375. The van der Waals surface area contributed by atoms with Crippen LogP contribution in [0.5, 0.6) is 0 Å². The fourth-order valence-electron chi connectivity index (χ4n) is 2.22. The van der Waals surface area contributed by atoms with Crippen molar-refractivity contribution < 1.29 is 0 Å². The first-order chi connectivity index (χ1) is 9.60.